The fourth-order valence-corrected chi connectivity index (χ4v) is 3.71. The standard InChI is InChI=1S/C20H21Cl2NO4S/c1-20(2,3)27-17(25)10-9-16(24)23-18(14-7-8-15(22)28-14)19(26)12-5-4-6-13(21)11-12/h4-11,18-19,26H,1-3H3,(H,23,24)/t18-,19?/m1/s1. The molecule has 0 aliphatic rings. The number of carbonyl (C=O) groups is 2. The molecule has 2 aromatic rings. The van der Waals surface area contributed by atoms with Crippen molar-refractivity contribution in [2.24, 2.45) is 0 Å². The van der Waals surface area contributed by atoms with Crippen molar-refractivity contribution in [3.8, 4) is 0 Å². The second-order valence-electron chi connectivity index (χ2n) is 6.99. The molecule has 28 heavy (non-hydrogen) atoms. The Morgan fingerprint density at radius 2 is 1.89 bits per heavy atom. The molecule has 0 aliphatic carbocycles. The highest BCUT2D eigenvalue weighted by Gasteiger charge is 2.26. The van der Waals surface area contributed by atoms with Crippen LogP contribution in [0.2, 0.25) is 9.36 Å². The number of benzene rings is 1. The third-order valence-corrected chi connectivity index (χ3v) is 5.03. The highest BCUT2D eigenvalue weighted by molar-refractivity contribution is 7.16. The molecule has 1 aromatic carbocycles. The molecule has 0 spiro atoms. The minimum Gasteiger partial charge on any atom is -0.457 e. The monoisotopic (exact) mass is 441 g/mol. The minimum atomic E-state index is -1.06. The lowest BCUT2D eigenvalue weighted by atomic mass is 10.0. The number of thiophene rings is 1. The number of ether oxygens (including phenoxy) is 1. The van der Waals surface area contributed by atoms with E-state index < -0.39 is 29.6 Å². The Kier molecular flexibility index (Phi) is 7.66. The number of esters is 1. The van der Waals surface area contributed by atoms with E-state index >= 15 is 0 Å². The maximum absolute atomic E-state index is 12.3. The second kappa shape index (κ2) is 9.56. The van der Waals surface area contributed by atoms with Gasteiger partial charge in [0.05, 0.1) is 10.4 Å². The molecule has 1 amide bonds. The Morgan fingerprint density at radius 1 is 1.18 bits per heavy atom. The van der Waals surface area contributed by atoms with Gasteiger partial charge in [-0.05, 0) is 50.6 Å². The minimum absolute atomic E-state index is 0.468. The molecule has 0 bridgehead atoms. The van der Waals surface area contributed by atoms with Gasteiger partial charge in [-0.25, -0.2) is 4.79 Å². The number of amides is 1. The first-order valence-corrected chi connectivity index (χ1v) is 10.0. The van der Waals surface area contributed by atoms with Crippen LogP contribution in [0.4, 0.5) is 0 Å². The molecule has 2 rings (SSSR count). The van der Waals surface area contributed by atoms with Crippen LogP contribution in [0.25, 0.3) is 0 Å². The Bertz CT molecular complexity index is 873. The first-order chi connectivity index (χ1) is 13.0. The van der Waals surface area contributed by atoms with Crippen molar-refractivity contribution in [3.05, 3.63) is 68.3 Å². The highest BCUT2D eigenvalue weighted by Crippen LogP contribution is 2.35. The summed E-state index contributed by atoms with van der Waals surface area (Å²) in [7, 11) is 0. The first-order valence-electron chi connectivity index (χ1n) is 8.45. The zero-order chi connectivity index (χ0) is 20.9. The Labute approximate surface area is 177 Å². The van der Waals surface area contributed by atoms with E-state index in [1.165, 1.54) is 11.3 Å². The van der Waals surface area contributed by atoms with Crippen molar-refractivity contribution < 1.29 is 19.4 Å². The summed E-state index contributed by atoms with van der Waals surface area (Å²) in [5.41, 5.74) is -0.116. The maximum Gasteiger partial charge on any atom is 0.331 e. The largest absolute Gasteiger partial charge is 0.457 e. The zero-order valence-corrected chi connectivity index (χ0v) is 17.9. The normalized spacial score (nSPS) is 13.9. The van der Waals surface area contributed by atoms with Gasteiger partial charge in [-0.3, -0.25) is 4.79 Å². The van der Waals surface area contributed by atoms with Crippen LogP contribution in [0.5, 0.6) is 0 Å². The van der Waals surface area contributed by atoms with Crippen LogP contribution in [0.3, 0.4) is 0 Å². The number of aliphatic hydroxyl groups is 1. The molecule has 5 nitrogen and oxygen atoms in total. The summed E-state index contributed by atoms with van der Waals surface area (Å²) >= 11 is 13.3. The van der Waals surface area contributed by atoms with Crippen molar-refractivity contribution in [1.82, 2.24) is 5.32 Å². The van der Waals surface area contributed by atoms with Gasteiger partial charge in [0, 0.05) is 22.1 Å². The van der Waals surface area contributed by atoms with Crippen LogP contribution in [0, 0.1) is 0 Å². The molecule has 1 unspecified atom stereocenters. The van der Waals surface area contributed by atoms with Crippen LogP contribution >= 0.6 is 34.5 Å². The van der Waals surface area contributed by atoms with Gasteiger partial charge in [-0.15, -0.1) is 11.3 Å². The highest BCUT2D eigenvalue weighted by atomic mass is 35.5. The number of halogens is 2. The average Bonchev–Trinajstić information content (AvgIpc) is 3.02. The van der Waals surface area contributed by atoms with Crippen LogP contribution < -0.4 is 5.32 Å². The third kappa shape index (κ3) is 6.95. The number of aliphatic hydroxyl groups excluding tert-OH is 1. The van der Waals surface area contributed by atoms with E-state index in [2.05, 4.69) is 5.32 Å². The van der Waals surface area contributed by atoms with E-state index in [-0.39, 0.29) is 0 Å². The number of carbonyl (C=O) groups excluding carboxylic acids is 2. The number of rotatable bonds is 6. The van der Waals surface area contributed by atoms with Gasteiger partial charge in [-0.2, -0.15) is 0 Å². The topological polar surface area (TPSA) is 75.6 Å². The van der Waals surface area contributed by atoms with Crippen molar-refractivity contribution >= 4 is 46.4 Å². The van der Waals surface area contributed by atoms with Gasteiger partial charge >= 0.3 is 5.97 Å². The van der Waals surface area contributed by atoms with Crippen molar-refractivity contribution in [1.29, 1.82) is 0 Å². The molecule has 0 radical (unpaired) electrons. The summed E-state index contributed by atoms with van der Waals surface area (Å²) in [4.78, 5) is 24.7. The van der Waals surface area contributed by atoms with Crippen LogP contribution in [0.15, 0.2) is 48.6 Å². The number of nitrogens with one attached hydrogen (secondary N) is 1. The lowest BCUT2D eigenvalue weighted by Gasteiger charge is -2.23. The smallest absolute Gasteiger partial charge is 0.331 e. The van der Waals surface area contributed by atoms with E-state index in [0.717, 1.165) is 12.2 Å². The van der Waals surface area contributed by atoms with E-state index in [1.807, 2.05) is 0 Å². The fraction of sp³-hybridized carbons (Fsp3) is 0.300. The summed E-state index contributed by atoms with van der Waals surface area (Å²) < 4.78 is 5.65. The molecule has 0 saturated heterocycles. The number of hydrogen-bond acceptors (Lipinski definition) is 5. The first kappa shape index (κ1) is 22.4. The molecule has 0 aliphatic heterocycles. The quantitative estimate of drug-likeness (QED) is 0.496. The SMILES string of the molecule is CC(C)(C)OC(=O)C=CC(=O)N[C@H](c1ccc(Cl)s1)C(O)c1cccc(Cl)c1. The molecule has 150 valence electrons. The lowest BCUT2D eigenvalue weighted by molar-refractivity contribution is -0.148. The molecule has 0 saturated carbocycles. The van der Waals surface area contributed by atoms with E-state index in [9.17, 15) is 14.7 Å². The van der Waals surface area contributed by atoms with E-state index in [1.54, 1.807) is 57.2 Å². The van der Waals surface area contributed by atoms with Gasteiger partial charge < -0.3 is 15.2 Å². The predicted octanol–water partition coefficient (Wildman–Crippen LogP) is 4.84. The second-order valence-corrected chi connectivity index (χ2v) is 9.18. The molecule has 1 heterocycles. The lowest BCUT2D eigenvalue weighted by Crippen LogP contribution is -2.31. The van der Waals surface area contributed by atoms with E-state index in [4.69, 9.17) is 27.9 Å². The molecule has 8 heteroatoms. The number of hydrogen-bond donors (Lipinski definition) is 2. The summed E-state index contributed by atoms with van der Waals surface area (Å²) in [5.74, 6) is -1.18. The Balaban J connectivity index is 2.18. The molecule has 1 aromatic heterocycles. The summed E-state index contributed by atoms with van der Waals surface area (Å²) in [6.07, 6.45) is 1.05. The third-order valence-electron chi connectivity index (χ3n) is 3.48. The zero-order valence-electron chi connectivity index (χ0n) is 15.6. The summed E-state index contributed by atoms with van der Waals surface area (Å²) in [5, 5.41) is 14.0. The van der Waals surface area contributed by atoms with Crippen LogP contribution in [-0.4, -0.2) is 22.6 Å². The fourth-order valence-electron chi connectivity index (χ4n) is 2.37. The average molecular weight is 442 g/mol. The van der Waals surface area contributed by atoms with Crippen molar-refractivity contribution in [2.75, 3.05) is 0 Å². The van der Waals surface area contributed by atoms with Gasteiger partial charge in [0.25, 0.3) is 0 Å². The van der Waals surface area contributed by atoms with Crippen LogP contribution in [-0.2, 0) is 14.3 Å². The molecular weight excluding hydrogens is 421 g/mol. The molecule has 2 atom stereocenters. The molecule has 2 N–H and O–H groups in total. The van der Waals surface area contributed by atoms with E-state index in [0.29, 0.717) is 19.8 Å². The van der Waals surface area contributed by atoms with Gasteiger partial charge in [0.1, 0.15) is 11.7 Å². The summed E-state index contributed by atoms with van der Waals surface area (Å²) in [6, 6.07) is 9.37. The summed E-state index contributed by atoms with van der Waals surface area (Å²) in [6.45, 7) is 5.20. The van der Waals surface area contributed by atoms with Gasteiger partial charge in [0.2, 0.25) is 5.91 Å². The molecule has 0 fully saturated rings. The van der Waals surface area contributed by atoms with Gasteiger partial charge in [0.15, 0.2) is 0 Å². The predicted molar refractivity (Wildman–Crippen MR) is 112 cm³/mol. The maximum atomic E-state index is 12.3. The molecular formula is C20H21Cl2NO4S. The van der Waals surface area contributed by atoms with Gasteiger partial charge in [-0.1, -0.05) is 35.3 Å². The van der Waals surface area contributed by atoms with Crippen molar-refractivity contribution in [3.63, 3.8) is 0 Å². The van der Waals surface area contributed by atoms with Crippen molar-refractivity contribution in [2.45, 2.75) is 38.5 Å². The Morgan fingerprint density at radius 3 is 2.46 bits per heavy atom. The Hall–Kier alpha value is -1.86. The van der Waals surface area contributed by atoms with Crippen LogP contribution in [0.1, 0.15) is 43.4 Å².